The van der Waals surface area contributed by atoms with Crippen LogP contribution in [0.25, 0.3) is 5.69 Å². The summed E-state index contributed by atoms with van der Waals surface area (Å²) in [5, 5.41) is 3.97. The number of pyridine rings is 1. The summed E-state index contributed by atoms with van der Waals surface area (Å²) in [4.78, 5) is 18.1. The van der Waals surface area contributed by atoms with Crippen molar-refractivity contribution >= 4 is 34.0 Å². The molecule has 0 spiro atoms. The van der Waals surface area contributed by atoms with Crippen LogP contribution in [0.3, 0.4) is 0 Å². The van der Waals surface area contributed by atoms with E-state index in [2.05, 4.69) is 10.1 Å². The summed E-state index contributed by atoms with van der Waals surface area (Å²) in [6.45, 7) is 1.55. The number of carbonyl (C=O) groups is 1. The van der Waals surface area contributed by atoms with Crippen LogP contribution in [0.1, 0.15) is 26.2 Å². The highest BCUT2D eigenvalue weighted by molar-refractivity contribution is 7.85. The van der Waals surface area contributed by atoms with Gasteiger partial charge >= 0.3 is 12.4 Å². The molecule has 0 radical (unpaired) electrons. The van der Waals surface area contributed by atoms with Crippen molar-refractivity contribution in [3.63, 3.8) is 0 Å². The van der Waals surface area contributed by atoms with Crippen molar-refractivity contribution in [2.75, 3.05) is 23.0 Å². The molecule has 14 heteroatoms. The van der Waals surface area contributed by atoms with E-state index in [0.29, 0.717) is 5.69 Å². The molecule has 0 aliphatic heterocycles. The molecule has 0 fully saturated rings. The smallest absolute Gasteiger partial charge is 0.308 e. The molecule has 0 N–H and O–H groups in total. The molecule has 184 valence electrons. The SMILES string of the molecule is CCN(C(=O)C(CCC(F)(F)F)CS(=O)CCC(F)(F)F)c1cn(-c2cccnc2)nc1Cl. The second-order valence-corrected chi connectivity index (χ2v) is 9.05. The molecule has 0 saturated carbocycles. The summed E-state index contributed by atoms with van der Waals surface area (Å²) in [6.07, 6.45) is -8.19. The molecule has 2 atom stereocenters. The molecule has 2 aromatic heterocycles. The Morgan fingerprint density at radius 2 is 1.88 bits per heavy atom. The van der Waals surface area contributed by atoms with Gasteiger partial charge in [0, 0.05) is 41.5 Å². The lowest BCUT2D eigenvalue weighted by molar-refractivity contribution is -0.139. The summed E-state index contributed by atoms with van der Waals surface area (Å²) in [6, 6.07) is 3.30. The monoisotopic (exact) mass is 518 g/mol. The zero-order valence-electron chi connectivity index (χ0n) is 17.4. The maximum absolute atomic E-state index is 13.1. The van der Waals surface area contributed by atoms with E-state index < -0.39 is 65.7 Å². The van der Waals surface area contributed by atoms with E-state index in [4.69, 9.17) is 11.6 Å². The fraction of sp³-hybridized carbons (Fsp3) is 0.526. The molecule has 2 unspecified atom stereocenters. The van der Waals surface area contributed by atoms with Gasteiger partial charge in [-0.3, -0.25) is 14.0 Å². The molecule has 1 amide bonds. The number of nitrogens with zero attached hydrogens (tertiary/aromatic N) is 4. The molecule has 0 saturated heterocycles. The first kappa shape index (κ1) is 27.1. The van der Waals surface area contributed by atoms with E-state index in [1.807, 2.05) is 0 Å². The van der Waals surface area contributed by atoms with Crippen molar-refractivity contribution in [3.8, 4) is 5.69 Å². The first-order valence-corrected chi connectivity index (χ1v) is 11.6. The Morgan fingerprint density at radius 1 is 1.21 bits per heavy atom. The number of hydrogen-bond donors (Lipinski definition) is 0. The molecular weight excluding hydrogens is 498 g/mol. The van der Waals surface area contributed by atoms with Crippen molar-refractivity contribution in [1.29, 1.82) is 0 Å². The van der Waals surface area contributed by atoms with Gasteiger partial charge in [-0.15, -0.1) is 0 Å². The molecule has 2 rings (SSSR count). The van der Waals surface area contributed by atoms with Crippen molar-refractivity contribution < 1.29 is 35.3 Å². The van der Waals surface area contributed by atoms with E-state index in [1.54, 1.807) is 19.1 Å². The average molecular weight is 519 g/mol. The lowest BCUT2D eigenvalue weighted by atomic mass is 10.0. The first-order valence-electron chi connectivity index (χ1n) is 9.76. The van der Waals surface area contributed by atoms with Gasteiger partial charge in [0.2, 0.25) is 5.91 Å². The predicted molar refractivity (Wildman–Crippen MR) is 112 cm³/mol. The zero-order valence-corrected chi connectivity index (χ0v) is 18.9. The fourth-order valence-electron chi connectivity index (χ4n) is 2.96. The van der Waals surface area contributed by atoms with E-state index in [9.17, 15) is 35.3 Å². The van der Waals surface area contributed by atoms with E-state index >= 15 is 0 Å². The fourth-order valence-corrected chi connectivity index (χ4v) is 4.58. The molecule has 0 aromatic carbocycles. The Balaban J connectivity index is 2.26. The minimum absolute atomic E-state index is 0.00497. The normalized spacial score (nSPS) is 14.2. The number of anilines is 1. The highest BCUT2D eigenvalue weighted by atomic mass is 35.5. The Labute approximate surface area is 193 Å². The standard InChI is InChI=1S/C19H21ClF6N4O2S/c1-2-29(15-11-30(28-16(15)20)14-4-3-8-27-10-14)17(31)13(5-6-18(21,22)23)12-33(32)9-7-19(24,25)26/h3-4,8,10-11,13H,2,5-7,9,12H2,1H3. The topological polar surface area (TPSA) is 68.1 Å². The maximum atomic E-state index is 13.1. The predicted octanol–water partition coefficient (Wildman–Crippen LogP) is 4.93. The third kappa shape index (κ3) is 8.61. The Morgan fingerprint density at radius 3 is 2.42 bits per heavy atom. The van der Waals surface area contributed by atoms with E-state index in [-0.39, 0.29) is 17.4 Å². The molecule has 6 nitrogen and oxygen atoms in total. The lowest BCUT2D eigenvalue weighted by Gasteiger charge is -2.26. The number of alkyl halides is 6. The van der Waals surface area contributed by atoms with Gasteiger partial charge in [0.05, 0.1) is 30.4 Å². The Hall–Kier alpha value is -2.15. The van der Waals surface area contributed by atoms with Gasteiger partial charge in [-0.05, 0) is 25.5 Å². The maximum Gasteiger partial charge on any atom is 0.390 e. The van der Waals surface area contributed by atoms with Gasteiger partial charge in [0.1, 0.15) is 5.69 Å². The second kappa shape index (κ2) is 11.3. The lowest BCUT2D eigenvalue weighted by Crippen LogP contribution is -2.39. The van der Waals surface area contributed by atoms with Crippen molar-refractivity contribution in [2.24, 2.45) is 5.92 Å². The van der Waals surface area contributed by atoms with Crippen LogP contribution in [0.5, 0.6) is 0 Å². The third-order valence-corrected chi connectivity index (χ3v) is 6.26. The van der Waals surface area contributed by atoms with Crippen LogP contribution in [0.2, 0.25) is 5.15 Å². The number of amides is 1. The molecule has 0 bridgehead atoms. The summed E-state index contributed by atoms with van der Waals surface area (Å²) in [5.74, 6) is -3.67. The van der Waals surface area contributed by atoms with Crippen LogP contribution in [-0.2, 0) is 15.6 Å². The highest BCUT2D eigenvalue weighted by Gasteiger charge is 2.35. The van der Waals surface area contributed by atoms with Crippen LogP contribution in [0, 0.1) is 5.92 Å². The number of carbonyl (C=O) groups excluding carboxylic acids is 1. The van der Waals surface area contributed by atoms with Gasteiger partial charge in [-0.2, -0.15) is 31.4 Å². The summed E-state index contributed by atoms with van der Waals surface area (Å²) in [5.41, 5.74) is 0.613. The second-order valence-electron chi connectivity index (χ2n) is 7.07. The zero-order chi connectivity index (χ0) is 24.8. The minimum Gasteiger partial charge on any atom is -0.308 e. The first-order chi connectivity index (χ1) is 15.3. The van der Waals surface area contributed by atoms with Crippen LogP contribution in [0.4, 0.5) is 32.0 Å². The molecule has 0 aliphatic carbocycles. The molecule has 33 heavy (non-hydrogen) atoms. The Bertz CT molecular complexity index is 952. The van der Waals surface area contributed by atoms with Gasteiger partial charge in [0.25, 0.3) is 0 Å². The summed E-state index contributed by atoms with van der Waals surface area (Å²) < 4.78 is 89.1. The number of halogens is 7. The summed E-state index contributed by atoms with van der Waals surface area (Å²) in [7, 11) is -2.15. The molecule has 2 heterocycles. The molecular formula is C19H21ClF6N4O2S. The molecule has 2 aromatic rings. The van der Waals surface area contributed by atoms with Crippen molar-refractivity contribution in [2.45, 2.75) is 38.5 Å². The quantitative estimate of drug-likeness (QED) is 0.418. The van der Waals surface area contributed by atoms with Gasteiger partial charge < -0.3 is 4.90 Å². The van der Waals surface area contributed by atoms with Crippen molar-refractivity contribution in [3.05, 3.63) is 35.9 Å². The molecule has 0 aliphatic rings. The minimum atomic E-state index is -4.59. The van der Waals surface area contributed by atoms with Gasteiger partial charge in [-0.25, -0.2) is 4.68 Å². The number of rotatable bonds is 10. The van der Waals surface area contributed by atoms with Crippen LogP contribution >= 0.6 is 11.6 Å². The van der Waals surface area contributed by atoms with Crippen LogP contribution < -0.4 is 4.90 Å². The number of aromatic nitrogens is 3. The largest absolute Gasteiger partial charge is 0.390 e. The van der Waals surface area contributed by atoms with Crippen molar-refractivity contribution in [1.82, 2.24) is 14.8 Å². The van der Waals surface area contributed by atoms with E-state index in [1.165, 1.54) is 23.3 Å². The summed E-state index contributed by atoms with van der Waals surface area (Å²) >= 11 is 6.16. The highest BCUT2D eigenvalue weighted by Crippen LogP contribution is 2.30. The average Bonchev–Trinajstić information content (AvgIpc) is 3.11. The van der Waals surface area contributed by atoms with Crippen LogP contribution in [-0.4, -0.2) is 55.3 Å². The van der Waals surface area contributed by atoms with E-state index in [0.717, 1.165) is 4.90 Å². The van der Waals surface area contributed by atoms with Gasteiger partial charge in [-0.1, -0.05) is 11.6 Å². The van der Waals surface area contributed by atoms with Crippen LogP contribution in [0.15, 0.2) is 30.7 Å². The Kier molecular flexibility index (Phi) is 9.29. The third-order valence-electron chi connectivity index (χ3n) is 4.56. The van der Waals surface area contributed by atoms with Gasteiger partial charge in [0.15, 0.2) is 5.15 Å². The number of hydrogen-bond acceptors (Lipinski definition) is 4.